The van der Waals surface area contributed by atoms with Gasteiger partial charge in [-0.2, -0.15) is 0 Å². The number of fused-ring (bicyclic) bond motifs is 1. The second kappa shape index (κ2) is 6.20. The van der Waals surface area contributed by atoms with Gasteiger partial charge < -0.3 is 4.90 Å². The predicted octanol–water partition coefficient (Wildman–Crippen LogP) is 2.91. The summed E-state index contributed by atoms with van der Waals surface area (Å²) in [6, 6.07) is 10.2. The molecule has 1 aliphatic carbocycles. The minimum atomic E-state index is 0.304. The third-order valence-electron chi connectivity index (χ3n) is 5.50. The van der Waals surface area contributed by atoms with Gasteiger partial charge >= 0.3 is 0 Å². The summed E-state index contributed by atoms with van der Waals surface area (Å²) >= 11 is 0. The van der Waals surface area contributed by atoms with E-state index in [0.717, 1.165) is 55.7 Å². The number of aromatic nitrogens is 4. The molecule has 1 saturated carbocycles. The van der Waals surface area contributed by atoms with Gasteiger partial charge in [-0.3, -0.25) is 9.20 Å². The molecular formula is C20H21N5O. The zero-order valence-electron chi connectivity index (χ0n) is 14.6. The second-order valence-electron chi connectivity index (χ2n) is 7.31. The Morgan fingerprint density at radius 1 is 0.962 bits per heavy atom. The van der Waals surface area contributed by atoms with Gasteiger partial charge in [-0.25, -0.2) is 4.98 Å². The van der Waals surface area contributed by atoms with Crippen LogP contribution in [-0.2, 0) is 4.79 Å². The SMILES string of the molecule is O=C(C1CC1)N1CCC(c2nnc3ncc(-c4ccccc4)cn23)CC1. The second-order valence-corrected chi connectivity index (χ2v) is 7.31. The van der Waals surface area contributed by atoms with Gasteiger partial charge in [0.05, 0.1) is 0 Å². The first-order valence-electron chi connectivity index (χ1n) is 9.34. The number of amides is 1. The van der Waals surface area contributed by atoms with Gasteiger partial charge in [0.1, 0.15) is 5.82 Å². The minimum absolute atomic E-state index is 0.304. The van der Waals surface area contributed by atoms with E-state index in [-0.39, 0.29) is 0 Å². The van der Waals surface area contributed by atoms with Crippen molar-refractivity contribution in [2.45, 2.75) is 31.6 Å². The molecular weight excluding hydrogens is 326 g/mol. The fourth-order valence-corrected chi connectivity index (χ4v) is 3.81. The molecule has 1 amide bonds. The van der Waals surface area contributed by atoms with Crippen LogP contribution in [0.1, 0.15) is 37.4 Å². The van der Waals surface area contributed by atoms with Gasteiger partial charge in [0.2, 0.25) is 5.91 Å². The Balaban J connectivity index is 1.40. The lowest BCUT2D eigenvalue weighted by Gasteiger charge is -2.31. The Bertz CT molecular complexity index is 939. The van der Waals surface area contributed by atoms with E-state index in [0.29, 0.717) is 23.5 Å². The molecule has 132 valence electrons. The highest BCUT2D eigenvalue weighted by atomic mass is 16.2. The van der Waals surface area contributed by atoms with E-state index >= 15 is 0 Å². The summed E-state index contributed by atoms with van der Waals surface area (Å²) in [4.78, 5) is 18.8. The summed E-state index contributed by atoms with van der Waals surface area (Å²) in [6.07, 6.45) is 7.95. The number of rotatable bonds is 3. The van der Waals surface area contributed by atoms with Gasteiger partial charge in [-0.15, -0.1) is 10.2 Å². The van der Waals surface area contributed by atoms with Crippen molar-refractivity contribution >= 4 is 11.7 Å². The number of piperidine rings is 1. The summed E-state index contributed by atoms with van der Waals surface area (Å²) in [6.45, 7) is 1.64. The highest BCUT2D eigenvalue weighted by Gasteiger charge is 2.35. The number of carbonyl (C=O) groups is 1. The van der Waals surface area contributed by atoms with Gasteiger partial charge in [-0.05, 0) is 31.2 Å². The molecule has 1 aliphatic heterocycles. The molecule has 2 aromatic heterocycles. The topological polar surface area (TPSA) is 63.4 Å². The number of hydrogen-bond acceptors (Lipinski definition) is 4. The van der Waals surface area contributed by atoms with Crippen molar-refractivity contribution < 1.29 is 4.79 Å². The van der Waals surface area contributed by atoms with E-state index < -0.39 is 0 Å². The highest BCUT2D eigenvalue weighted by Crippen LogP contribution is 2.34. The average molecular weight is 347 g/mol. The van der Waals surface area contributed by atoms with Gasteiger partial charge in [-0.1, -0.05) is 30.3 Å². The van der Waals surface area contributed by atoms with Crippen LogP contribution in [0.2, 0.25) is 0 Å². The molecule has 3 aromatic rings. The first kappa shape index (κ1) is 15.5. The lowest BCUT2D eigenvalue weighted by atomic mass is 9.95. The molecule has 0 spiro atoms. The van der Waals surface area contributed by atoms with Crippen LogP contribution in [0, 0.1) is 5.92 Å². The van der Waals surface area contributed by atoms with Gasteiger partial charge in [0.15, 0.2) is 0 Å². The minimum Gasteiger partial charge on any atom is -0.342 e. The lowest BCUT2D eigenvalue weighted by molar-refractivity contribution is -0.133. The maximum absolute atomic E-state index is 12.3. The fraction of sp³-hybridized carbons (Fsp3) is 0.400. The van der Waals surface area contributed by atoms with Crippen LogP contribution >= 0.6 is 0 Å². The van der Waals surface area contributed by atoms with Crippen LogP contribution in [0.25, 0.3) is 16.9 Å². The Morgan fingerprint density at radius 2 is 1.73 bits per heavy atom. The number of carbonyl (C=O) groups excluding carboxylic acids is 1. The zero-order valence-corrected chi connectivity index (χ0v) is 14.6. The molecule has 2 fully saturated rings. The summed E-state index contributed by atoms with van der Waals surface area (Å²) < 4.78 is 2.02. The molecule has 26 heavy (non-hydrogen) atoms. The molecule has 0 N–H and O–H groups in total. The van der Waals surface area contributed by atoms with Crippen LogP contribution in [-0.4, -0.2) is 43.5 Å². The maximum Gasteiger partial charge on any atom is 0.254 e. The molecule has 1 saturated heterocycles. The predicted molar refractivity (Wildman–Crippen MR) is 97.5 cm³/mol. The van der Waals surface area contributed by atoms with E-state index in [2.05, 4.69) is 33.5 Å². The number of nitrogens with zero attached hydrogens (tertiary/aromatic N) is 5. The lowest BCUT2D eigenvalue weighted by Crippen LogP contribution is -2.39. The molecule has 2 aliphatic rings. The molecule has 5 rings (SSSR count). The standard InChI is InChI=1S/C20H21N5O/c26-19(16-6-7-16)24-10-8-15(9-11-24)18-22-23-20-21-12-17(13-25(18)20)14-4-2-1-3-5-14/h1-5,12-13,15-16H,6-11H2. The van der Waals surface area contributed by atoms with Crippen LogP contribution in [0.5, 0.6) is 0 Å². The van der Waals surface area contributed by atoms with Crippen LogP contribution in [0.4, 0.5) is 0 Å². The summed E-state index contributed by atoms with van der Waals surface area (Å²) in [5.41, 5.74) is 2.19. The molecule has 0 radical (unpaired) electrons. The largest absolute Gasteiger partial charge is 0.342 e. The number of benzene rings is 1. The van der Waals surface area contributed by atoms with E-state index in [1.807, 2.05) is 33.7 Å². The van der Waals surface area contributed by atoms with Crippen LogP contribution < -0.4 is 0 Å². The molecule has 0 unspecified atom stereocenters. The van der Waals surface area contributed by atoms with Crippen molar-refractivity contribution in [3.8, 4) is 11.1 Å². The molecule has 6 heteroatoms. The first-order valence-corrected chi connectivity index (χ1v) is 9.34. The zero-order chi connectivity index (χ0) is 17.5. The van der Waals surface area contributed by atoms with Crippen LogP contribution in [0.15, 0.2) is 42.7 Å². The average Bonchev–Trinajstić information content (AvgIpc) is 3.47. The fourth-order valence-electron chi connectivity index (χ4n) is 3.81. The van der Waals surface area contributed by atoms with Gasteiger partial charge in [0.25, 0.3) is 5.78 Å². The maximum atomic E-state index is 12.3. The number of hydrogen-bond donors (Lipinski definition) is 0. The monoisotopic (exact) mass is 347 g/mol. The van der Waals surface area contributed by atoms with Crippen molar-refractivity contribution in [3.05, 3.63) is 48.5 Å². The van der Waals surface area contributed by atoms with E-state index in [9.17, 15) is 4.79 Å². The quantitative estimate of drug-likeness (QED) is 0.731. The van der Waals surface area contributed by atoms with E-state index in [4.69, 9.17) is 0 Å². The van der Waals surface area contributed by atoms with Gasteiger partial charge in [0, 0.05) is 42.9 Å². The highest BCUT2D eigenvalue weighted by molar-refractivity contribution is 5.81. The van der Waals surface area contributed by atoms with E-state index in [1.54, 1.807) is 0 Å². The summed E-state index contributed by atoms with van der Waals surface area (Å²) in [5, 5.41) is 8.66. The molecule has 1 aromatic carbocycles. The third kappa shape index (κ3) is 2.75. The molecule has 6 nitrogen and oxygen atoms in total. The Kier molecular flexibility index (Phi) is 3.69. The van der Waals surface area contributed by atoms with Crippen LogP contribution in [0.3, 0.4) is 0 Å². The number of likely N-dealkylation sites (tertiary alicyclic amines) is 1. The normalized spacial score (nSPS) is 18.4. The summed E-state index contributed by atoms with van der Waals surface area (Å²) in [7, 11) is 0. The molecule has 0 bridgehead atoms. The summed E-state index contributed by atoms with van der Waals surface area (Å²) in [5.74, 6) is 2.57. The van der Waals surface area contributed by atoms with Crippen molar-refractivity contribution in [1.82, 2.24) is 24.5 Å². The van der Waals surface area contributed by atoms with Crippen molar-refractivity contribution in [3.63, 3.8) is 0 Å². The molecule has 3 heterocycles. The smallest absolute Gasteiger partial charge is 0.254 e. The van der Waals surface area contributed by atoms with Crippen molar-refractivity contribution in [1.29, 1.82) is 0 Å². The Labute approximate surface area is 151 Å². The third-order valence-corrected chi connectivity index (χ3v) is 5.50. The Hall–Kier alpha value is -2.76. The van der Waals surface area contributed by atoms with Crippen molar-refractivity contribution in [2.75, 3.05) is 13.1 Å². The Morgan fingerprint density at radius 3 is 2.46 bits per heavy atom. The van der Waals surface area contributed by atoms with Crippen molar-refractivity contribution in [2.24, 2.45) is 5.92 Å². The first-order chi connectivity index (χ1) is 12.8. The van der Waals surface area contributed by atoms with E-state index in [1.165, 1.54) is 0 Å². The molecule has 0 atom stereocenters.